The van der Waals surface area contributed by atoms with E-state index in [1.165, 1.54) is 17.7 Å². The lowest BCUT2D eigenvalue weighted by molar-refractivity contribution is 0.321. The van der Waals surface area contributed by atoms with E-state index in [1.54, 1.807) is 0 Å². The zero-order valence-electron chi connectivity index (χ0n) is 10.9. The molecule has 96 valence electrons. The minimum atomic E-state index is 0.594. The third kappa shape index (κ3) is 2.18. The Morgan fingerprint density at radius 1 is 1.50 bits per heavy atom. The summed E-state index contributed by atoms with van der Waals surface area (Å²) in [6, 6.07) is 2.09. The van der Waals surface area contributed by atoms with Gasteiger partial charge in [0.2, 0.25) is 0 Å². The van der Waals surface area contributed by atoms with Crippen LogP contribution < -0.4 is 0 Å². The van der Waals surface area contributed by atoms with Crippen molar-refractivity contribution in [1.29, 1.82) is 0 Å². The number of nitrogens with one attached hydrogen (secondary N) is 1. The monoisotopic (exact) mass is 245 g/mol. The lowest BCUT2D eigenvalue weighted by Gasteiger charge is -2.14. The molecule has 1 aliphatic heterocycles. The summed E-state index contributed by atoms with van der Waals surface area (Å²) in [5.41, 5.74) is 3.73. The number of H-pyrrole nitrogens is 1. The van der Waals surface area contributed by atoms with E-state index in [2.05, 4.69) is 33.2 Å². The summed E-state index contributed by atoms with van der Waals surface area (Å²) < 4.78 is 1.86. The van der Waals surface area contributed by atoms with Crippen molar-refractivity contribution in [3.05, 3.63) is 35.4 Å². The molecule has 1 aliphatic rings. The van der Waals surface area contributed by atoms with Crippen molar-refractivity contribution in [3.63, 3.8) is 0 Å². The molecule has 0 aliphatic carbocycles. The van der Waals surface area contributed by atoms with E-state index in [0.29, 0.717) is 5.92 Å². The van der Waals surface area contributed by atoms with Crippen LogP contribution in [-0.2, 0) is 13.6 Å². The second-order valence-corrected chi connectivity index (χ2v) is 5.17. The van der Waals surface area contributed by atoms with Crippen LogP contribution >= 0.6 is 0 Å². The molecule has 0 amide bonds. The SMILES string of the molecule is Cc1cn[nH]c1[C@@H]1CCN(Cc2ccn(C)n2)C1. The van der Waals surface area contributed by atoms with E-state index in [4.69, 9.17) is 0 Å². The van der Waals surface area contributed by atoms with E-state index in [9.17, 15) is 0 Å². The van der Waals surface area contributed by atoms with E-state index >= 15 is 0 Å². The number of hydrogen-bond acceptors (Lipinski definition) is 3. The molecule has 1 fully saturated rings. The van der Waals surface area contributed by atoms with Crippen LogP contribution in [0.4, 0.5) is 0 Å². The largest absolute Gasteiger partial charge is 0.297 e. The highest BCUT2D eigenvalue weighted by Crippen LogP contribution is 2.28. The first-order valence-corrected chi connectivity index (χ1v) is 6.43. The number of likely N-dealkylation sites (tertiary alicyclic amines) is 1. The van der Waals surface area contributed by atoms with Crippen molar-refractivity contribution < 1.29 is 0 Å². The molecule has 3 rings (SSSR count). The predicted molar refractivity (Wildman–Crippen MR) is 69.2 cm³/mol. The third-order valence-electron chi connectivity index (χ3n) is 3.70. The Morgan fingerprint density at radius 2 is 2.39 bits per heavy atom. The summed E-state index contributed by atoms with van der Waals surface area (Å²) in [5, 5.41) is 11.7. The van der Waals surface area contributed by atoms with Gasteiger partial charge in [-0.15, -0.1) is 0 Å². The third-order valence-corrected chi connectivity index (χ3v) is 3.70. The van der Waals surface area contributed by atoms with Gasteiger partial charge in [0.25, 0.3) is 0 Å². The van der Waals surface area contributed by atoms with Gasteiger partial charge < -0.3 is 0 Å². The van der Waals surface area contributed by atoms with Gasteiger partial charge in [-0.1, -0.05) is 0 Å². The predicted octanol–water partition coefficient (Wildman–Crippen LogP) is 1.44. The van der Waals surface area contributed by atoms with Crippen molar-refractivity contribution in [1.82, 2.24) is 24.9 Å². The molecular weight excluding hydrogens is 226 g/mol. The van der Waals surface area contributed by atoms with Crippen molar-refractivity contribution >= 4 is 0 Å². The highest BCUT2D eigenvalue weighted by Gasteiger charge is 2.26. The van der Waals surface area contributed by atoms with Gasteiger partial charge in [-0.25, -0.2) is 0 Å². The van der Waals surface area contributed by atoms with Crippen molar-refractivity contribution in [2.75, 3.05) is 13.1 Å². The number of aromatic nitrogens is 4. The molecule has 18 heavy (non-hydrogen) atoms. The first-order chi connectivity index (χ1) is 8.72. The molecular formula is C13H19N5. The molecule has 2 aromatic rings. The molecule has 3 heterocycles. The number of aromatic amines is 1. The molecule has 1 saturated heterocycles. The molecule has 0 unspecified atom stereocenters. The smallest absolute Gasteiger partial charge is 0.0764 e. The maximum atomic E-state index is 4.43. The van der Waals surface area contributed by atoms with E-state index in [-0.39, 0.29) is 0 Å². The fourth-order valence-corrected chi connectivity index (χ4v) is 2.76. The van der Waals surface area contributed by atoms with Crippen LogP contribution in [0.1, 0.15) is 29.3 Å². The topological polar surface area (TPSA) is 49.7 Å². The van der Waals surface area contributed by atoms with Crippen molar-refractivity contribution in [2.24, 2.45) is 7.05 Å². The molecule has 0 spiro atoms. The van der Waals surface area contributed by atoms with Crippen LogP contribution in [0.5, 0.6) is 0 Å². The average molecular weight is 245 g/mol. The molecule has 1 atom stereocenters. The first-order valence-electron chi connectivity index (χ1n) is 6.43. The Kier molecular flexibility index (Phi) is 2.91. The van der Waals surface area contributed by atoms with E-state index in [1.807, 2.05) is 24.1 Å². The zero-order chi connectivity index (χ0) is 12.5. The highest BCUT2D eigenvalue weighted by atomic mass is 15.3. The molecule has 5 heteroatoms. The Labute approximate surface area is 107 Å². The summed E-state index contributed by atoms with van der Waals surface area (Å²) in [7, 11) is 1.96. The second-order valence-electron chi connectivity index (χ2n) is 5.17. The molecule has 0 radical (unpaired) electrons. The van der Waals surface area contributed by atoms with Gasteiger partial charge in [0.05, 0.1) is 11.9 Å². The maximum Gasteiger partial charge on any atom is 0.0764 e. The van der Waals surface area contributed by atoms with Gasteiger partial charge in [-0.2, -0.15) is 10.2 Å². The minimum Gasteiger partial charge on any atom is -0.297 e. The quantitative estimate of drug-likeness (QED) is 0.890. The summed E-state index contributed by atoms with van der Waals surface area (Å²) >= 11 is 0. The van der Waals surface area contributed by atoms with Gasteiger partial charge in [0, 0.05) is 37.9 Å². The fourth-order valence-electron chi connectivity index (χ4n) is 2.76. The molecule has 0 aromatic carbocycles. The van der Waals surface area contributed by atoms with E-state index in [0.717, 1.165) is 25.3 Å². The van der Waals surface area contributed by atoms with Gasteiger partial charge in [0.15, 0.2) is 0 Å². The summed E-state index contributed by atoms with van der Waals surface area (Å²) in [6.45, 7) is 5.31. The molecule has 2 aromatic heterocycles. The fraction of sp³-hybridized carbons (Fsp3) is 0.538. The molecule has 1 N–H and O–H groups in total. The number of aryl methyl sites for hydroxylation is 2. The lowest BCUT2D eigenvalue weighted by atomic mass is 10.0. The lowest BCUT2D eigenvalue weighted by Crippen LogP contribution is -2.20. The standard InChI is InChI=1S/C13H19N5/c1-10-7-14-15-13(10)11-3-6-18(8-11)9-12-4-5-17(2)16-12/h4-5,7,11H,3,6,8-9H2,1-2H3,(H,14,15)/t11-/m1/s1. The Hall–Kier alpha value is -1.62. The summed E-state index contributed by atoms with van der Waals surface area (Å²) in [4.78, 5) is 2.47. The minimum absolute atomic E-state index is 0.594. The van der Waals surface area contributed by atoms with E-state index < -0.39 is 0 Å². The van der Waals surface area contributed by atoms with Crippen LogP contribution in [-0.4, -0.2) is 38.0 Å². The average Bonchev–Trinajstić information content (AvgIpc) is 3.02. The van der Waals surface area contributed by atoms with Gasteiger partial charge in [-0.05, 0) is 31.5 Å². The number of rotatable bonds is 3. The summed E-state index contributed by atoms with van der Waals surface area (Å²) in [6.07, 6.45) is 5.12. The normalized spacial score (nSPS) is 20.7. The Balaban J connectivity index is 1.63. The molecule has 0 bridgehead atoms. The van der Waals surface area contributed by atoms with Crippen LogP contribution in [0.3, 0.4) is 0 Å². The summed E-state index contributed by atoms with van der Waals surface area (Å²) in [5.74, 6) is 0.594. The maximum absolute atomic E-state index is 4.43. The van der Waals surface area contributed by atoms with Crippen LogP contribution in [0, 0.1) is 6.92 Å². The first kappa shape index (κ1) is 11.5. The van der Waals surface area contributed by atoms with Gasteiger partial charge in [0.1, 0.15) is 0 Å². The van der Waals surface area contributed by atoms with Crippen molar-refractivity contribution in [3.8, 4) is 0 Å². The van der Waals surface area contributed by atoms with Crippen LogP contribution in [0.15, 0.2) is 18.5 Å². The van der Waals surface area contributed by atoms with Gasteiger partial charge in [-0.3, -0.25) is 14.7 Å². The van der Waals surface area contributed by atoms with Crippen LogP contribution in [0.25, 0.3) is 0 Å². The van der Waals surface area contributed by atoms with Crippen molar-refractivity contribution in [2.45, 2.75) is 25.8 Å². The molecule has 0 saturated carbocycles. The zero-order valence-corrected chi connectivity index (χ0v) is 10.9. The second kappa shape index (κ2) is 4.57. The number of nitrogens with zero attached hydrogens (tertiary/aromatic N) is 4. The Morgan fingerprint density at radius 3 is 3.06 bits per heavy atom. The Bertz CT molecular complexity index is 527. The molecule has 5 nitrogen and oxygen atoms in total. The van der Waals surface area contributed by atoms with Gasteiger partial charge >= 0.3 is 0 Å². The number of hydrogen-bond donors (Lipinski definition) is 1. The van der Waals surface area contributed by atoms with Crippen LogP contribution in [0.2, 0.25) is 0 Å². The highest BCUT2D eigenvalue weighted by molar-refractivity contribution is 5.20.